The predicted molar refractivity (Wildman–Crippen MR) is 337 cm³/mol. The van der Waals surface area contributed by atoms with E-state index in [0.717, 1.165) is 99.4 Å². The number of nitrogens with zero attached hydrogens (tertiary/aromatic N) is 6. The molecule has 0 unspecified atom stereocenters. The summed E-state index contributed by atoms with van der Waals surface area (Å²) in [5.74, 6) is 1.72. The van der Waals surface area contributed by atoms with Gasteiger partial charge in [-0.25, -0.2) is 4.98 Å². The highest BCUT2D eigenvalue weighted by molar-refractivity contribution is 6.28. The lowest BCUT2D eigenvalue weighted by molar-refractivity contribution is 0.953. The summed E-state index contributed by atoms with van der Waals surface area (Å²) in [7, 11) is 0. The first-order valence-electron chi connectivity index (χ1n) is 27.6. The van der Waals surface area contributed by atoms with Crippen molar-refractivity contribution in [2.24, 2.45) is 0 Å². The SMILES string of the molecule is c1ccc(-c2ccc(-c3nc(-c4ccccc4)nc(-n4c5ccccc5c5cc(-n6c7ccccc7c7ccccc76)c6c7ccccc7n(-c7cccc(-c8ccc9c%10ccccc%10c%10ccccc%10c9c8)c7)c6c54)n3)cc2)cc1. The summed E-state index contributed by atoms with van der Waals surface area (Å²) in [6.07, 6.45) is 0. The molecule has 81 heavy (non-hydrogen) atoms. The second kappa shape index (κ2) is 17.8. The molecule has 0 spiro atoms. The highest BCUT2D eigenvalue weighted by Crippen LogP contribution is 2.47. The first kappa shape index (κ1) is 45.1. The van der Waals surface area contributed by atoms with Crippen molar-refractivity contribution >= 4 is 97.7 Å². The third kappa shape index (κ3) is 6.90. The summed E-state index contributed by atoms with van der Waals surface area (Å²) in [6, 6.07) is 101. The van der Waals surface area contributed by atoms with Crippen molar-refractivity contribution in [3.63, 3.8) is 0 Å². The summed E-state index contributed by atoms with van der Waals surface area (Å²) in [6.45, 7) is 0. The molecule has 0 bridgehead atoms. The molecule has 6 heteroatoms. The molecule has 0 radical (unpaired) electrons. The number of hydrogen-bond donors (Lipinski definition) is 0. The van der Waals surface area contributed by atoms with Gasteiger partial charge in [-0.1, -0.05) is 231 Å². The largest absolute Gasteiger partial charge is 0.309 e. The predicted octanol–water partition coefficient (Wildman–Crippen LogP) is 19.3. The van der Waals surface area contributed by atoms with Gasteiger partial charge in [-0.3, -0.25) is 4.57 Å². The molecule has 0 amide bonds. The van der Waals surface area contributed by atoms with Crippen molar-refractivity contribution in [2.75, 3.05) is 0 Å². The van der Waals surface area contributed by atoms with Gasteiger partial charge in [0.2, 0.25) is 5.95 Å². The Hall–Kier alpha value is -11.0. The summed E-state index contributed by atoms with van der Waals surface area (Å²) >= 11 is 0. The average Bonchev–Trinajstić information content (AvgIpc) is 4.41. The Kier molecular flexibility index (Phi) is 9.91. The lowest BCUT2D eigenvalue weighted by Gasteiger charge is -2.16. The maximum Gasteiger partial charge on any atom is 0.238 e. The lowest BCUT2D eigenvalue weighted by Crippen LogP contribution is -2.07. The molecule has 0 atom stereocenters. The van der Waals surface area contributed by atoms with Crippen LogP contribution in [0.15, 0.2) is 279 Å². The Morgan fingerprint density at radius 1 is 0.222 bits per heavy atom. The van der Waals surface area contributed by atoms with E-state index in [1.165, 1.54) is 43.1 Å². The number of fused-ring (bicyclic) bond motifs is 16. The molecule has 17 rings (SSSR count). The van der Waals surface area contributed by atoms with E-state index in [-0.39, 0.29) is 0 Å². The van der Waals surface area contributed by atoms with Gasteiger partial charge in [0.05, 0.1) is 38.8 Å². The minimum atomic E-state index is 0.532. The zero-order valence-electron chi connectivity index (χ0n) is 43.7. The van der Waals surface area contributed by atoms with Gasteiger partial charge in [0, 0.05) is 49.1 Å². The van der Waals surface area contributed by atoms with Gasteiger partial charge in [0.25, 0.3) is 0 Å². The normalized spacial score (nSPS) is 12.0. The van der Waals surface area contributed by atoms with Gasteiger partial charge in [0.15, 0.2) is 11.6 Å². The third-order valence-electron chi connectivity index (χ3n) is 16.7. The van der Waals surface area contributed by atoms with E-state index in [9.17, 15) is 0 Å². The van der Waals surface area contributed by atoms with Gasteiger partial charge >= 0.3 is 0 Å². The molecule has 0 N–H and O–H groups in total. The standard InChI is InChI=1S/C75H46N6/c1-3-20-47(21-4-1)48-38-40-50(41-39-48)74-76-73(49-22-5-2-6-23-49)77-75(78-74)81-67-36-17-13-32-61(67)64-46-69(80-65-34-15-11-30-59(65)60-31-12-16-35-66(60)80)70-62-33-14-18-37-68(62)79(72(70)71(64)81)53-25-19-24-51(44-53)52-42-43-58-56-28-8-7-26-54(56)55-27-9-10-29-57(55)63(58)45-52/h1-46H. The summed E-state index contributed by atoms with van der Waals surface area (Å²) < 4.78 is 7.29. The molecule has 0 saturated carbocycles. The monoisotopic (exact) mass is 1030 g/mol. The quantitative estimate of drug-likeness (QED) is 0.150. The summed E-state index contributed by atoms with van der Waals surface area (Å²) in [4.78, 5) is 16.3. The molecular weight excluding hydrogens is 985 g/mol. The second-order valence-corrected chi connectivity index (χ2v) is 21.1. The smallest absolute Gasteiger partial charge is 0.238 e. The Bertz CT molecular complexity index is 5310. The van der Waals surface area contributed by atoms with Crippen LogP contribution in [0.25, 0.3) is 160 Å². The van der Waals surface area contributed by atoms with Crippen molar-refractivity contribution in [3.05, 3.63) is 279 Å². The Balaban J connectivity index is 0.989. The zero-order chi connectivity index (χ0) is 53.1. The van der Waals surface area contributed by atoms with Crippen LogP contribution in [0.1, 0.15) is 0 Å². The Labute approximate surface area is 465 Å². The third-order valence-corrected chi connectivity index (χ3v) is 16.7. The summed E-state index contributed by atoms with van der Waals surface area (Å²) in [5.41, 5.74) is 14.9. The van der Waals surface area contributed by atoms with E-state index in [1.807, 2.05) is 24.3 Å². The molecule has 0 aliphatic carbocycles. The van der Waals surface area contributed by atoms with Crippen molar-refractivity contribution in [3.8, 4) is 62.4 Å². The van der Waals surface area contributed by atoms with Crippen LogP contribution in [0.2, 0.25) is 0 Å². The second-order valence-electron chi connectivity index (χ2n) is 21.1. The maximum atomic E-state index is 5.54. The van der Waals surface area contributed by atoms with Gasteiger partial charge in [-0.2, -0.15) is 9.97 Å². The van der Waals surface area contributed by atoms with Crippen molar-refractivity contribution in [2.45, 2.75) is 0 Å². The van der Waals surface area contributed by atoms with Crippen LogP contribution >= 0.6 is 0 Å². The van der Waals surface area contributed by atoms with E-state index in [2.05, 4.69) is 268 Å². The molecule has 0 fully saturated rings. The van der Waals surface area contributed by atoms with E-state index in [1.54, 1.807) is 0 Å². The number of hydrogen-bond acceptors (Lipinski definition) is 3. The van der Waals surface area contributed by atoms with Crippen LogP contribution in [0.5, 0.6) is 0 Å². The molecule has 376 valence electrons. The highest BCUT2D eigenvalue weighted by atomic mass is 15.2. The zero-order valence-corrected chi connectivity index (χ0v) is 43.7. The fourth-order valence-electron chi connectivity index (χ4n) is 13.1. The summed E-state index contributed by atoms with van der Waals surface area (Å²) in [5, 5.41) is 14.4. The van der Waals surface area contributed by atoms with Crippen LogP contribution in [-0.2, 0) is 0 Å². The Morgan fingerprint density at radius 3 is 1.23 bits per heavy atom. The van der Waals surface area contributed by atoms with Gasteiger partial charge < -0.3 is 9.13 Å². The van der Waals surface area contributed by atoms with Gasteiger partial charge in [-0.15, -0.1) is 0 Å². The number of para-hydroxylation sites is 4. The minimum Gasteiger partial charge on any atom is -0.309 e. The molecule has 17 aromatic rings. The highest BCUT2D eigenvalue weighted by Gasteiger charge is 2.28. The molecular formula is C75H46N6. The first-order chi connectivity index (χ1) is 40.2. The minimum absolute atomic E-state index is 0.532. The Morgan fingerprint density at radius 2 is 0.630 bits per heavy atom. The first-order valence-corrected chi connectivity index (χ1v) is 27.6. The average molecular weight is 1030 g/mol. The molecule has 0 saturated heterocycles. The molecule has 13 aromatic carbocycles. The van der Waals surface area contributed by atoms with E-state index in [4.69, 9.17) is 15.0 Å². The number of aromatic nitrogens is 6. The molecule has 0 aliphatic rings. The van der Waals surface area contributed by atoms with Crippen molar-refractivity contribution in [1.29, 1.82) is 0 Å². The van der Waals surface area contributed by atoms with Crippen LogP contribution < -0.4 is 0 Å². The number of benzene rings is 13. The molecule has 4 aromatic heterocycles. The van der Waals surface area contributed by atoms with E-state index >= 15 is 0 Å². The number of rotatable bonds is 7. The van der Waals surface area contributed by atoms with Crippen molar-refractivity contribution in [1.82, 2.24) is 28.7 Å². The maximum absolute atomic E-state index is 5.54. The van der Waals surface area contributed by atoms with Crippen LogP contribution in [0.4, 0.5) is 0 Å². The van der Waals surface area contributed by atoms with E-state index < -0.39 is 0 Å². The van der Waals surface area contributed by atoms with E-state index in [0.29, 0.717) is 17.6 Å². The fourth-order valence-corrected chi connectivity index (χ4v) is 13.1. The topological polar surface area (TPSA) is 53.5 Å². The van der Waals surface area contributed by atoms with Crippen LogP contribution in [-0.4, -0.2) is 28.7 Å². The van der Waals surface area contributed by atoms with Crippen molar-refractivity contribution < 1.29 is 0 Å². The van der Waals surface area contributed by atoms with Gasteiger partial charge in [0.1, 0.15) is 0 Å². The molecule has 0 aliphatic heterocycles. The molecule has 6 nitrogen and oxygen atoms in total. The molecule has 4 heterocycles. The lowest BCUT2D eigenvalue weighted by atomic mass is 9.92. The van der Waals surface area contributed by atoms with Crippen LogP contribution in [0, 0.1) is 0 Å². The fraction of sp³-hybridized carbons (Fsp3) is 0. The van der Waals surface area contributed by atoms with Crippen LogP contribution in [0.3, 0.4) is 0 Å². The van der Waals surface area contributed by atoms with Gasteiger partial charge in [-0.05, 0) is 103 Å².